The van der Waals surface area contributed by atoms with Crippen LogP contribution in [-0.4, -0.2) is 52.3 Å². The number of hydrogen-bond acceptors (Lipinski definition) is 8. The van der Waals surface area contributed by atoms with Crippen molar-refractivity contribution in [1.82, 2.24) is 24.8 Å². The fourth-order valence-electron chi connectivity index (χ4n) is 5.39. The lowest BCUT2D eigenvalue weighted by molar-refractivity contribution is 0.413. The first-order valence-corrected chi connectivity index (χ1v) is 13.2. The minimum absolute atomic E-state index is 0.0597. The SMILES string of the molecule is COc1c(C)cccc1-c1nc2c(cc1C#N)c(N1CCNC[C@@H]1C)nc(=O)n2-c1c(C)ccnc1C(C)C. The molecule has 0 unspecified atom stereocenters. The number of nitriles is 1. The van der Waals surface area contributed by atoms with Crippen molar-refractivity contribution in [2.45, 2.75) is 46.6 Å². The quantitative estimate of drug-likeness (QED) is 0.413. The number of benzene rings is 1. The smallest absolute Gasteiger partial charge is 0.355 e. The van der Waals surface area contributed by atoms with Gasteiger partial charge in [0.05, 0.1) is 35.1 Å². The number of ether oxygens (including phenoxy) is 1. The molecule has 1 aromatic carbocycles. The Morgan fingerprint density at radius 1 is 1.18 bits per heavy atom. The minimum Gasteiger partial charge on any atom is -0.496 e. The summed E-state index contributed by atoms with van der Waals surface area (Å²) in [6.07, 6.45) is 1.76. The van der Waals surface area contributed by atoms with Crippen molar-refractivity contribution in [3.8, 4) is 28.8 Å². The fourth-order valence-corrected chi connectivity index (χ4v) is 5.39. The molecule has 200 valence electrons. The van der Waals surface area contributed by atoms with Crippen molar-refractivity contribution < 1.29 is 4.74 Å². The lowest BCUT2D eigenvalue weighted by atomic mass is 10.0. The first kappa shape index (κ1) is 26.3. The number of rotatable bonds is 5. The monoisotopic (exact) mass is 523 g/mol. The van der Waals surface area contributed by atoms with Crippen molar-refractivity contribution in [1.29, 1.82) is 5.26 Å². The zero-order chi connectivity index (χ0) is 27.8. The second-order valence-corrected chi connectivity index (χ2v) is 10.3. The number of methoxy groups -OCH3 is 1. The molecule has 1 aliphatic rings. The van der Waals surface area contributed by atoms with E-state index in [0.29, 0.717) is 51.7 Å². The summed E-state index contributed by atoms with van der Waals surface area (Å²) in [7, 11) is 1.61. The van der Waals surface area contributed by atoms with E-state index >= 15 is 0 Å². The Bertz CT molecular complexity index is 1670. The van der Waals surface area contributed by atoms with E-state index in [-0.39, 0.29) is 12.0 Å². The van der Waals surface area contributed by atoms with Crippen LogP contribution in [-0.2, 0) is 0 Å². The molecule has 0 aliphatic carbocycles. The summed E-state index contributed by atoms with van der Waals surface area (Å²) in [5.74, 6) is 1.24. The van der Waals surface area contributed by atoms with Gasteiger partial charge in [0.15, 0.2) is 5.65 Å². The number of piperazine rings is 1. The summed E-state index contributed by atoms with van der Waals surface area (Å²) in [5, 5.41) is 14.3. The Kier molecular flexibility index (Phi) is 7.06. The standard InChI is InChI=1S/C30H33N7O2/c1-17(2)24-26(18(3)10-11-33-24)37-29-23(28(35-30(37)38)36-13-12-32-16-20(36)5)14-21(15-31)25(34-29)22-9-7-8-19(4)27(22)39-6/h7-11,14,17,20,32H,12-13,16H2,1-6H3/t20-/m0/s1. The highest BCUT2D eigenvalue weighted by molar-refractivity contribution is 5.93. The lowest BCUT2D eigenvalue weighted by Crippen LogP contribution is -2.50. The Morgan fingerprint density at radius 2 is 1.97 bits per heavy atom. The molecule has 0 amide bonds. The number of hydrogen-bond donors (Lipinski definition) is 1. The third-order valence-electron chi connectivity index (χ3n) is 7.34. The number of pyridine rings is 2. The molecule has 9 nitrogen and oxygen atoms in total. The Labute approximate surface area is 228 Å². The number of para-hydroxylation sites is 1. The van der Waals surface area contributed by atoms with Gasteiger partial charge in [-0.3, -0.25) is 4.98 Å². The molecule has 39 heavy (non-hydrogen) atoms. The van der Waals surface area contributed by atoms with Crippen molar-refractivity contribution in [3.05, 3.63) is 69.4 Å². The van der Waals surface area contributed by atoms with Gasteiger partial charge in [-0.25, -0.2) is 14.3 Å². The van der Waals surface area contributed by atoms with Crippen molar-refractivity contribution in [3.63, 3.8) is 0 Å². The molecule has 0 radical (unpaired) electrons. The molecule has 1 N–H and O–H groups in total. The summed E-state index contributed by atoms with van der Waals surface area (Å²) in [6.45, 7) is 12.3. The molecule has 1 atom stereocenters. The molecule has 0 bridgehead atoms. The van der Waals surface area contributed by atoms with Gasteiger partial charge in [-0.2, -0.15) is 10.2 Å². The molecule has 1 fully saturated rings. The summed E-state index contributed by atoms with van der Waals surface area (Å²) in [4.78, 5) is 30.4. The van der Waals surface area contributed by atoms with E-state index in [1.807, 2.05) is 58.0 Å². The van der Waals surface area contributed by atoms with E-state index in [0.717, 1.165) is 29.9 Å². The van der Waals surface area contributed by atoms with Gasteiger partial charge in [-0.15, -0.1) is 0 Å². The lowest BCUT2D eigenvalue weighted by Gasteiger charge is -2.35. The fraction of sp³-hybridized carbons (Fsp3) is 0.367. The van der Waals surface area contributed by atoms with Crippen LogP contribution in [0.3, 0.4) is 0 Å². The van der Waals surface area contributed by atoms with Crippen LogP contribution in [0.4, 0.5) is 5.82 Å². The maximum Gasteiger partial charge on any atom is 0.355 e. The van der Waals surface area contributed by atoms with Crippen LogP contribution in [0.25, 0.3) is 28.0 Å². The highest BCUT2D eigenvalue weighted by atomic mass is 16.5. The predicted octanol–water partition coefficient (Wildman–Crippen LogP) is 4.26. The molecule has 0 spiro atoms. The van der Waals surface area contributed by atoms with Gasteiger partial charge < -0.3 is 15.0 Å². The number of aryl methyl sites for hydroxylation is 2. The van der Waals surface area contributed by atoms with Gasteiger partial charge >= 0.3 is 5.69 Å². The van der Waals surface area contributed by atoms with Crippen molar-refractivity contribution >= 4 is 16.9 Å². The van der Waals surface area contributed by atoms with Crippen LogP contribution in [0.15, 0.2) is 41.3 Å². The highest BCUT2D eigenvalue weighted by Gasteiger charge is 2.27. The van der Waals surface area contributed by atoms with E-state index in [1.54, 1.807) is 17.9 Å². The zero-order valence-electron chi connectivity index (χ0n) is 23.2. The van der Waals surface area contributed by atoms with Crippen molar-refractivity contribution in [2.75, 3.05) is 31.6 Å². The van der Waals surface area contributed by atoms with E-state index in [1.165, 1.54) is 0 Å². The molecular weight excluding hydrogens is 490 g/mol. The summed E-state index contributed by atoms with van der Waals surface area (Å²) >= 11 is 0. The van der Waals surface area contributed by atoms with Gasteiger partial charge in [0.25, 0.3) is 0 Å². The average Bonchev–Trinajstić information content (AvgIpc) is 2.92. The van der Waals surface area contributed by atoms with Crippen LogP contribution in [0.1, 0.15) is 49.1 Å². The molecule has 0 saturated carbocycles. The Hall–Kier alpha value is -4.29. The number of anilines is 1. The van der Waals surface area contributed by atoms with Crippen LogP contribution >= 0.6 is 0 Å². The number of aromatic nitrogens is 4. The minimum atomic E-state index is -0.430. The molecule has 5 rings (SSSR count). The first-order chi connectivity index (χ1) is 18.8. The average molecular weight is 524 g/mol. The van der Waals surface area contributed by atoms with E-state index in [4.69, 9.17) is 9.72 Å². The molecule has 1 aliphatic heterocycles. The number of nitrogens with one attached hydrogen (secondary N) is 1. The van der Waals surface area contributed by atoms with Crippen molar-refractivity contribution in [2.24, 2.45) is 0 Å². The van der Waals surface area contributed by atoms with Gasteiger partial charge in [0, 0.05) is 37.4 Å². The van der Waals surface area contributed by atoms with Gasteiger partial charge in [-0.05, 0) is 56.0 Å². The predicted molar refractivity (Wildman–Crippen MR) is 153 cm³/mol. The topological polar surface area (TPSA) is 109 Å². The van der Waals surface area contributed by atoms with Crippen LogP contribution in [0, 0.1) is 25.2 Å². The van der Waals surface area contributed by atoms with Crippen LogP contribution in [0.2, 0.25) is 0 Å². The van der Waals surface area contributed by atoms with E-state index in [2.05, 4.69) is 33.2 Å². The summed E-state index contributed by atoms with van der Waals surface area (Å²) in [6, 6.07) is 11.9. The highest BCUT2D eigenvalue weighted by Crippen LogP contribution is 2.37. The molecule has 3 aromatic heterocycles. The number of fused-ring (bicyclic) bond motifs is 1. The normalized spacial score (nSPS) is 15.5. The van der Waals surface area contributed by atoms with Gasteiger partial charge in [0.2, 0.25) is 0 Å². The maximum absolute atomic E-state index is 14.0. The zero-order valence-corrected chi connectivity index (χ0v) is 23.2. The molecule has 9 heteroatoms. The second-order valence-electron chi connectivity index (χ2n) is 10.3. The van der Waals surface area contributed by atoms with Crippen LogP contribution in [0.5, 0.6) is 5.75 Å². The molecule has 1 saturated heterocycles. The third-order valence-corrected chi connectivity index (χ3v) is 7.34. The Morgan fingerprint density at radius 3 is 2.67 bits per heavy atom. The van der Waals surface area contributed by atoms with E-state index < -0.39 is 5.69 Å². The van der Waals surface area contributed by atoms with Gasteiger partial charge in [0.1, 0.15) is 17.6 Å². The first-order valence-electron chi connectivity index (χ1n) is 13.2. The van der Waals surface area contributed by atoms with Gasteiger partial charge in [-0.1, -0.05) is 26.0 Å². The third kappa shape index (κ3) is 4.51. The maximum atomic E-state index is 14.0. The molecular formula is C30H33N7O2. The van der Waals surface area contributed by atoms with Crippen LogP contribution < -0.4 is 20.6 Å². The largest absolute Gasteiger partial charge is 0.496 e. The number of nitrogens with zero attached hydrogens (tertiary/aromatic N) is 6. The molecule has 4 aromatic rings. The van der Waals surface area contributed by atoms with E-state index in [9.17, 15) is 10.1 Å². The summed E-state index contributed by atoms with van der Waals surface area (Å²) in [5.41, 5.74) is 4.81. The second kappa shape index (κ2) is 10.5. The molecule has 4 heterocycles. The summed E-state index contributed by atoms with van der Waals surface area (Å²) < 4.78 is 7.29. The Balaban J connectivity index is 1.95.